The summed E-state index contributed by atoms with van der Waals surface area (Å²) in [5.74, 6) is 1.08. The zero-order valence-corrected chi connectivity index (χ0v) is 14.5. The van der Waals surface area contributed by atoms with Crippen molar-refractivity contribution < 1.29 is 19.0 Å². The standard InChI is InChI=1S/C18H22N2O4/c1-18(2,13-6-8-19-9-7-13)20-17(21)12-10-14(22-3)16(24-5)15(11-12)23-4/h6-11H,1-5H3,(H,20,21). The lowest BCUT2D eigenvalue weighted by Crippen LogP contribution is -2.41. The summed E-state index contributed by atoms with van der Waals surface area (Å²) in [7, 11) is 4.55. The number of carbonyl (C=O) groups excluding carboxylic acids is 1. The van der Waals surface area contributed by atoms with E-state index >= 15 is 0 Å². The molecule has 2 rings (SSSR count). The second kappa shape index (κ2) is 7.21. The van der Waals surface area contributed by atoms with Crippen LogP contribution in [0.5, 0.6) is 17.2 Å². The Morgan fingerprint density at radius 3 is 2.00 bits per heavy atom. The molecule has 0 fully saturated rings. The molecule has 0 aliphatic rings. The number of rotatable bonds is 6. The monoisotopic (exact) mass is 330 g/mol. The number of ether oxygens (including phenoxy) is 3. The van der Waals surface area contributed by atoms with Crippen LogP contribution in [0.15, 0.2) is 36.7 Å². The van der Waals surface area contributed by atoms with Crippen LogP contribution in [0.2, 0.25) is 0 Å². The van der Waals surface area contributed by atoms with Gasteiger partial charge in [-0.25, -0.2) is 0 Å². The van der Waals surface area contributed by atoms with Crippen LogP contribution in [0.4, 0.5) is 0 Å². The van der Waals surface area contributed by atoms with Crippen molar-refractivity contribution in [3.05, 3.63) is 47.8 Å². The quantitative estimate of drug-likeness (QED) is 0.882. The van der Waals surface area contributed by atoms with Gasteiger partial charge in [-0.3, -0.25) is 9.78 Å². The number of nitrogens with zero attached hydrogens (tertiary/aromatic N) is 1. The van der Waals surface area contributed by atoms with E-state index in [1.807, 2.05) is 26.0 Å². The van der Waals surface area contributed by atoms with Crippen LogP contribution in [0.25, 0.3) is 0 Å². The SMILES string of the molecule is COc1cc(C(=O)NC(C)(C)c2ccncc2)cc(OC)c1OC. The van der Waals surface area contributed by atoms with Crippen molar-refractivity contribution in [2.24, 2.45) is 0 Å². The van der Waals surface area contributed by atoms with Gasteiger partial charge in [-0.15, -0.1) is 0 Å². The fraction of sp³-hybridized carbons (Fsp3) is 0.333. The minimum absolute atomic E-state index is 0.240. The minimum Gasteiger partial charge on any atom is -0.493 e. The first kappa shape index (κ1) is 17.6. The molecular weight excluding hydrogens is 308 g/mol. The maximum absolute atomic E-state index is 12.7. The summed E-state index contributed by atoms with van der Waals surface area (Å²) in [6.45, 7) is 3.86. The Kier molecular flexibility index (Phi) is 5.28. The summed E-state index contributed by atoms with van der Waals surface area (Å²) in [5, 5.41) is 3.01. The Morgan fingerprint density at radius 1 is 1.00 bits per heavy atom. The summed E-state index contributed by atoms with van der Waals surface area (Å²) >= 11 is 0. The molecule has 2 aromatic rings. The number of nitrogens with one attached hydrogen (secondary N) is 1. The Bertz CT molecular complexity index is 689. The number of amides is 1. The number of hydrogen-bond acceptors (Lipinski definition) is 5. The number of methoxy groups -OCH3 is 3. The fourth-order valence-electron chi connectivity index (χ4n) is 2.41. The molecular formula is C18H22N2O4. The first-order valence-electron chi connectivity index (χ1n) is 7.46. The van der Waals surface area contributed by atoms with Crippen LogP contribution in [0.3, 0.4) is 0 Å². The van der Waals surface area contributed by atoms with Gasteiger partial charge < -0.3 is 19.5 Å². The van der Waals surface area contributed by atoms with Crippen LogP contribution in [0.1, 0.15) is 29.8 Å². The number of aromatic nitrogens is 1. The maximum atomic E-state index is 12.7. The largest absolute Gasteiger partial charge is 0.493 e. The van der Waals surface area contributed by atoms with E-state index in [1.165, 1.54) is 21.3 Å². The van der Waals surface area contributed by atoms with Gasteiger partial charge in [-0.05, 0) is 43.7 Å². The third-order valence-corrected chi connectivity index (χ3v) is 3.75. The highest BCUT2D eigenvalue weighted by Crippen LogP contribution is 2.38. The second-order valence-corrected chi connectivity index (χ2v) is 5.73. The molecule has 24 heavy (non-hydrogen) atoms. The van der Waals surface area contributed by atoms with Gasteiger partial charge in [0.2, 0.25) is 5.75 Å². The summed E-state index contributed by atoms with van der Waals surface area (Å²) in [6, 6.07) is 6.99. The summed E-state index contributed by atoms with van der Waals surface area (Å²) in [6.07, 6.45) is 3.39. The number of hydrogen-bond donors (Lipinski definition) is 1. The zero-order valence-electron chi connectivity index (χ0n) is 14.5. The van der Waals surface area contributed by atoms with Gasteiger partial charge >= 0.3 is 0 Å². The van der Waals surface area contributed by atoms with Crippen LogP contribution >= 0.6 is 0 Å². The normalized spacial score (nSPS) is 10.9. The average Bonchev–Trinajstić information content (AvgIpc) is 2.60. The fourth-order valence-corrected chi connectivity index (χ4v) is 2.41. The smallest absolute Gasteiger partial charge is 0.252 e. The molecule has 0 saturated carbocycles. The molecule has 0 bridgehead atoms. The summed E-state index contributed by atoms with van der Waals surface area (Å²) in [5.41, 5.74) is 0.824. The number of benzene rings is 1. The molecule has 128 valence electrons. The molecule has 0 saturated heterocycles. The van der Waals surface area contributed by atoms with E-state index < -0.39 is 5.54 Å². The van der Waals surface area contributed by atoms with Crippen molar-refractivity contribution in [3.63, 3.8) is 0 Å². The first-order chi connectivity index (χ1) is 11.4. The topological polar surface area (TPSA) is 69.7 Å². The molecule has 6 nitrogen and oxygen atoms in total. The third kappa shape index (κ3) is 3.59. The lowest BCUT2D eigenvalue weighted by atomic mass is 9.95. The van der Waals surface area contributed by atoms with Gasteiger partial charge in [0.15, 0.2) is 11.5 Å². The Hall–Kier alpha value is -2.76. The van der Waals surface area contributed by atoms with Gasteiger partial charge in [0.25, 0.3) is 5.91 Å². The molecule has 1 N–H and O–H groups in total. The average molecular weight is 330 g/mol. The van der Waals surface area contributed by atoms with Crippen molar-refractivity contribution in [2.45, 2.75) is 19.4 Å². The first-order valence-corrected chi connectivity index (χ1v) is 7.46. The molecule has 0 spiro atoms. The van der Waals surface area contributed by atoms with Crippen molar-refractivity contribution in [2.75, 3.05) is 21.3 Å². The van der Waals surface area contributed by atoms with Crippen molar-refractivity contribution in [1.82, 2.24) is 10.3 Å². The van der Waals surface area contributed by atoms with Gasteiger partial charge in [0, 0.05) is 18.0 Å². The van der Waals surface area contributed by atoms with E-state index in [-0.39, 0.29) is 5.91 Å². The third-order valence-electron chi connectivity index (χ3n) is 3.75. The highest BCUT2D eigenvalue weighted by Gasteiger charge is 2.25. The number of pyridine rings is 1. The predicted octanol–water partition coefficient (Wildman–Crippen LogP) is 2.77. The van der Waals surface area contributed by atoms with E-state index in [0.29, 0.717) is 22.8 Å². The van der Waals surface area contributed by atoms with Crippen LogP contribution in [0, 0.1) is 0 Å². The lowest BCUT2D eigenvalue weighted by Gasteiger charge is -2.27. The van der Waals surface area contributed by atoms with Crippen LogP contribution in [-0.2, 0) is 5.54 Å². The highest BCUT2D eigenvalue weighted by atomic mass is 16.5. The Balaban J connectivity index is 2.33. The Labute approximate surface area is 141 Å². The lowest BCUT2D eigenvalue weighted by molar-refractivity contribution is 0.0911. The number of carbonyl (C=O) groups is 1. The van der Waals surface area contributed by atoms with Gasteiger partial charge in [-0.1, -0.05) is 0 Å². The molecule has 1 heterocycles. The zero-order chi connectivity index (χ0) is 17.7. The second-order valence-electron chi connectivity index (χ2n) is 5.73. The minimum atomic E-state index is -0.555. The van der Waals surface area contributed by atoms with Gasteiger partial charge in [0.05, 0.1) is 26.9 Å². The summed E-state index contributed by atoms with van der Waals surface area (Å²) in [4.78, 5) is 16.7. The molecule has 1 aromatic carbocycles. The van der Waals surface area contributed by atoms with E-state index in [2.05, 4.69) is 10.3 Å². The molecule has 0 unspecified atom stereocenters. The van der Waals surface area contributed by atoms with Crippen molar-refractivity contribution in [1.29, 1.82) is 0 Å². The molecule has 0 radical (unpaired) electrons. The molecule has 0 aliphatic carbocycles. The van der Waals surface area contributed by atoms with Crippen LogP contribution < -0.4 is 19.5 Å². The van der Waals surface area contributed by atoms with E-state index in [1.54, 1.807) is 24.5 Å². The molecule has 1 amide bonds. The highest BCUT2D eigenvalue weighted by molar-refractivity contribution is 5.96. The van der Waals surface area contributed by atoms with Gasteiger partial charge in [-0.2, -0.15) is 0 Å². The van der Waals surface area contributed by atoms with E-state index in [4.69, 9.17) is 14.2 Å². The van der Waals surface area contributed by atoms with Crippen molar-refractivity contribution >= 4 is 5.91 Å². The predicted molar refractivity (Wildman–Crippen MR) is 90.8 cm³/mol. The van der Waals surface area contributed by atoms with E-state index in [9.17, 15) is 4.79 Å². The van der Waals surface area contributed by atoms with Gasteiger partial charge in [0.1, 0.15) is 0 Å². The van der Waals surface area contributed by atoms with Crippen molar-refractivity contribution in [3.8, 4) is 17.2 Å². The summed E-state index contributed by atoms with van der Waals surface area (Å²) < 4.78 is 15.9. The molecule has 0 atom stereocenters. The van der Waals surface area contributed by atoms with Crippen LogP contribution in [-0.4, -0.2) is 32.2 Å². The Morgan fingerprint density at radius 2 is 1.54 bits per heavy atom. The maximum Gasteiger partial charge on any atom is 0.252 e. The molecule has 1 aromatic heterocycles. The molecule has 0 aliphatic heterocycles. The van der Waals surface area contributed by atoms with E-state index in [0.717, 1.165) is 5.56 Å². The molecule has 6 heteroatoms.